The van der Waals surface area contributed by atoms with Crippen LogP contribution in [0.1, 0.15) is 136 Å². The van der Waals surface area contributed by atoms with Gasteiger partial charge in [0, 0.05) is 12.8 Å². The predicted octanol–water partition coefficient (Wildman–Crippen LogP) is 8.70. The van der Waals surface area contributed by atoms with E-state index < -0.39 is 89.6 Å². The maximum Gasteiger partial charge on any atom is 0.472 e. The summed E-state index contributed by atoms with van der Waals surface area (Å²) in [6, 6.07) is 0. The van der Waals surface area contributed by atoms with Crippen molar-refractivity contribution in [3.05, 3.63) is 109 Å². The minimum absolute atomic E-state index is 0.0499. The standard InChI is InChI=1S/C51H82O17P2/c1-3-5-7-9-11-12-13-14-15-16-17-18-19-20-21-22-26-30-34-38-44(53)64-40-43(41-65-70(62,63)68-51-48(57)46(55)47(56)50(49(51)58)67-69(59,60)61)66-45(54)39-35-31-27-23-25-29-33-37-42(52)36-32-28-24-10-8-6-4-2/h5,7,11-12,14-15,17-18,20-21,23-24,27-29,32-33,36,42-43,46-52,55-58H,3-4,6,8-10,13,16,19,22,25-26,30-31,34-35,37-41H2,1-2H3,(H,62,63)(H2,59,60,61)/b7-5-,12-11-,15-14-,18-17-,21-20-,27-23+,28-24-,33-29-,36-32-/t42-,43+,46?,47?,48?,49?,50+,51-/m0/s1. The molecule has 9 atom stereocenters. The van der Waals surface area contributed by atoms with Gasteiger partial charge in [-0.25, -0.2) is 9.13 Å². The van der Waals surface area contributed by atoms with Gasteiger partial charge in [-0.05, 0) is 89.9 Å². The van der Waals surface area contributed by atoms with Crippen molar-refractivity contribution in [2.75, 3.05) is 13.2 Å². The van der Waals surface area contributed by atoms with E-state index in [1.807, 2.05) is 36.5 Å². The number of unbranched alkanes of at least 4 members (excludes halogenated alkanes) is 7. The highest BCUT2D eigenvalue weighted by Gasteiger charge is 2.54. The number of aliphatic hydroxyl groups is 5. The van der Waals surface area contributed by atoms with Crippen LogP contribution >= 0.6 is 15.6 Å². The molecule has 1 aliphatic carbocycles. The van der Waals surface area contributed by atoms with Crippen molar-refractivity contribution in [1.82, 2.24) is 0 Å². The molecule has 17 nitrogen and oxygen atoms in total. The number of phosphoric ester groups is 2. The quantitative estimate of drug-likeness (QED) is 0.00940. The second-order valence-electron chi connectivity index (χ2n) is 16.6. The van der Waals surface area contributed by atoms with Crippen molar-refractivity contribution in [1.29, 1.82) is 0 Å². The summed E-state index contributed by atoms with van der Waals surface area (Å²) in [7, 11) is -10.7. The Morgan fingerprint density at radius 2 is 1.06 bits per heavy atom. The first-order chi connectivity index (χ1) is 33.5. The molecule has 1 saturated carbocycles. The number of allylic oxidation sites excluding steroid dienone is 16. The van der Waals surface area contributed by atoms with Crippen molar-refractivity contribution in [3.63, 3.8) is 0 Å². The number of hydrogen-bond donors (Lipinski definition) is 8. The van der Waals surface area contributed by atoms with Gasteiger partial charge in [-0.1, -0.05) is 142 Å². The molecule has 8 N–H and O–H groups in total. The number of hydrogen-bond acceptors (Lipinski definition) is 14. The van der Waals surface area contributed by atoms with Crippen molar-refractivity contribution in [2.24, 2.45) is 0 Å². The molecular formula is C51H82O17P2. The lowest BCUT2D eigenvalue weighted by molar-refractivity contribution is -0.216. The van der Waals surface area contributed by atoms with Crippen LogP contribution in [-0.2, 0) is 41.8 Å². The van der Waals surface area contributed by atoms with E-state index in [2.05, 4.69) is 85.2 Å². The summed E-state index contributed by atoms with van der Waals surface area (Å²) >= 11 is 0. The molecule has 0 heterocycles. The molecule has 0 bridgehead atoms. The zero-order valence-electron chi connectivity index (χ0n) is 41.0. The molecule has 0 aromatic carbocycles. The average molecular weight is 1030 g/mol. The van der Waals surface area contributed by atoms with Crippen LogP contribution in [0.4, 0.5) is 0 Å². The third-order valence-corrected chi connectivity index (χ3v) is 11.9. The van der Waals surface area contributed by atoms with Gasteiger partial charge in [0.05, 0.1) is 12.7 Å². The van der Waals surface area contributed by atoms with Gasteiger partial charge in [0.15, 0.2) is 6.10 Å². The van der Waals surface area contributed by atoms with Crippen molar-refractivity contribution in [2.45, 2.75) is 185 Å². The van der Waals surface area contributed by atoms with Crippen LogP contribution in [0.3, 0.4) is 0 Å². The van der Waals surface area contributed by atoms with Gasteiger partial charge in [-0.3, -0.25) is 23.2 Å². The zero-order chi connectivity index (χ0) is 51.9. The van der Waals surface area contributed by atoms with Gasteiger partial charge in [-0.15, -0.1) is 0 Å². The third kappa shape index (κ3) is 34.1. The van der Waals surface area contributed by atoms with Crippen LogP contribution in [0.5, 0.6) is 0 Å². The van der Waals surface area contributed by atoms with Gasteiger partial charge in [0.2, 0.25) is 0 Å². The van der Waals surface area contributed by atoms with E-state index in [0.717, 1.165) is 64.2 Å². The smallest absolute Gasteiger partial charge is 0.462 e. The number of rotatable bonds is 39. The normalized spacial score (nSPS) is 22.4. The number of carbonyl (C=O) groups is 2. The van der Waals surface area contributed by atoms with Gasteiger partial charge in [0.1, 0.15) is 43.2 Å². The number of carbonyl (C=O) groups excluding carboxylic acids is 2. The van der Waals surface area contributed by atoms with Crippen molar-refractivity contribution < 1.29 is 82.0 Å². The highest BCUT2D eigenvalue weighted by molar-refractivity contribution is 7.47. The zero-order valence-corrected chi connectivity index (χ0v) is 42.8. The maximum atomic E-state index is 13.0. The molecule has 1 fully saturated rings. The van der Waals surface area contributed by atoms with Crippen LogP contribution < -0.4 is 0 Å². The molecule has 0 spiro atoms. The lowest BCUT2D eigenvalue weighted by Crippen LogP contribution is -2.64. The second-order valence-corrected chi connectivity index (χ2v) is 19.2. The fourth-order valence-corrected chi connectivity index (χ4v) is 8.13. The summed E-state index contributed by atoms with van der Waals surface area (Å²) in [5, 5.41) is 51.4. The summed E-state index contributed by atoms with van der Waals surface area (Å²) in [5.74, 6) is -1.36. The largest absolute Gasteiger partial charge is 0.472 e. The molecule has 0 aliphatic heterocycles. The first-order valence-corrected chi connectivity index (χ1v) is 27.6. The first kappa shape index (κ1) is 64.6. The van der Waals surface area contributed by atoms with Crippen molar-refractivity contribution in [3.8, 4) is 0 Å². The van der Waals surface area contributed by atoms with Crippen LogP contribution in [0.25, 0.3) is 0 Å². The highest BCUT2D eigenvalue weighted by Crippen LogP contribution is 2.49. The Labute approximate surface area is 415 Å². The summed E-state index contributed by atoms with van der Waals surface area (Å²) in [4.78, 5) is 54.3. The minimum Gasteiger partial charge on any atom is -0.462 e. The lowest BCUT2D eigenvalue weighted by Gasteiger charge is -2.43. The van der Waals surface area contributed by atoms with E-state index in [1.54, 1.807) is 6.08 Å². The van der Waals surface area contributed by atoms with Crippen LogP contribution in [-0.4, -0.2) is 114 Å². The third-order valence-electron chi connectivity index (χ3n) is 10.4. The fourth-order valence-electron chi connectivity index (χ4n) is 6.59. The van der Waals surface area contributed by atoms with Gasteiger partial charge < -0.3 is 49.7 Å². The van der Waals surface area contributed by atoms with E-state index in [4.69, 9.17) is 18.5 Å². The minimum atomic E-state index is -5.39. The Morgan fingerprint density at radius 3 is 1.64 bits per heavy atom. The average Bonchev–Trinajstić information content (AvgIpc) is 3.31. The molecule has 0 radical (unpaired) electrons. The number of aliphatic hydroxyl groups excluding tert-OH is 5. The summed E-state index contributed by atoms with van der Waals surface area (Å²) in [6.45, 7) is 2.81. The summed E-state index contributed by atoms with van der Waals surface area (Å²) in [6.07, 6.45) is 34.9. The first-order valence-electron chi connectivity index (χ1n) is 24.5. The molecule has 70 heavy (non-hydrogen) atoms. The molecule has 1 rings (SSSR count). The molecule has 398 valence electrons. The topological polar surface area (TPSA) is 276 Å². The summed E-state index contributed by atoms with van der Waals surface area (Å²) in [5.41, 5.74) is 0. The molecule has 19 heteroatoms. The molecule has 0 aromatic heterocycles. The Balaban J connectivity index is 2.67. The monoisotopic (exact) mass is 1030 g/mol. The molecule has 5 unspecified atom stereocenters. The maximum absolute atomic E-state index is 13.0. The Morgan fingerprint density at radius 1 is 0.543 bits per heavy atom. The van der Waals surface area contributed by atoms with E-state index in [9.17, 15) is 58.9 Å². The van der Waals surface area contributed by atoms with E-state index in [1.165, 1.54) is 12.8 Å². The Bertz CT molecular complexity index is 1780. The Hall–Kier alpha value is -3.38. The SMILES string of the molecule is CC/C=C\C/C=C\C/C=C\C/C=C\C/C=C\CCCCCC(=O)OC[C@H](COP(=O)(O)O[C@H]1C(O)C(O)C(O)[C@@H](OP(=O)(O)O)C1O)OC(=O)CCC/C=C/C/C=C\C[C@@H](O)/C=C\C=C/CCCCC. The number of ether oxygens (including phenoxy) is 2. The lowest BCUT2D eigenvalue weighted by atomic mass is 9.85. The fraction of sp³-hybridized carbons (Fsp3) is 0.608. The van der Waals surface area contributed by atoms with Crippen LogP contribution in [0.2, 0.25) is 0 Å². The van der Waals surface area contributed by atoms with E-state index >= 15 is 0 Å². The van der Waals surface area contributed by atoms with Gasteiger partial charge in [-0.2, -0.15) is 0 Å². The highest BCUT2D eigenvalue weighted by atomic mass is 31.2. The number of phosphoric acid groups is 2. The predicted molar refractivity (Wildman–Crippen MR) is 270 cm³/mol. The molecular weight excluding hydrogens is 946 g/mol. The van der Waals surface area contributed by atoms with Crippen LogP contribution in [0, 0.1) is 0 Å². The van der Waals surface area contributed by atoms with Gasteiger partial charge >= 0.3 is 27.6 Å². The molecule has 0 saturated heterocycles. The van der Waals surface area contributed by atoms with E-state index in [-0.39, 0.29) is 12.8 Å². The summed E-state index contributed by atoms with van der Waals surface area (Å²) < 4.78 is 49.3. The molecule has 0 amide bonds. The van der Waals surface area contributed by atoms with Crippen LogP contribution in [0.15, 0.2) is 109 Å². The van der Waals surface area contributed by atoms with E-state index in [0.29, 0.717) is 32.1 Å². The molecule has 1 aliphatic rings. The number of esters is 2. The Kier molecular flexibility index (Phi) is 37.1. The second kappa shape index (κ2) is 40.1. The van der Waals surface area contributed by atoms with Gasteiger partial charge in [0.25, 0.3) is 0 Å². The molecule has 0 aromatic rings. The van der Waals surface area contributed by atoms with Crippen molar-refractivity contribution >= 4 is 27.6 Å².